The molecule has 0 radical (unpaired) electrons. The van der Waals surface area contributed by atoms with Gasteiger partial charge in [-0.3, -0.25) is 10.3 Å². The highest BCUT2D eigenvalue weighted by Crippen LogP contribution is 2.33. The van der Waals surface area contributed by atoms with Crippen molar-refractivity contribution in [1.29, 1.82) is 0 Å². The summed E-state index contributed by atoms with van der Waals surface area (Å²) in [7, 11) is 1.46. The molecular formula is C35H33FN8O3. The molecule has 0 spiro atoms. The van der Waals surface area contributed by atoms with Gasteiger partial charge in [-0.1, -0.05) is 45.0 Å². The van der Waals surface area contributed by atoms with Crippen molar-refractivity contribution in [3.8, 4) is 17.2 Å². The van der Waals surface area contributed by atoms with E-state index in [0.717, 1.165) is 16.3 Å². The fraction of sp³-hybridized carbons (Fsp3) is 0.171. The van der Waals surface area contributed by atoms with Crippen molar-refractivity contribution in [3.63, 3.8) is 0 Å². The zero-order valence-corrected chi connectivity index (χ0v) is 26.3. The van der Waals surface area contributed by atoms with E-state index < -0.39 is 11.8 Å². The number of fused-ring (bicyclic) bond motifs is 1. The number of ether oxygens (including phenoxy) is 2. The van der Waals surface area contributed by atoms with Crippen molar-refractivity contribution in [2.45, 2.75) is 32.8 Å². The molecular weight excluding hydrogens is 599 g/mol. The van der Waals surface area contributed by atoms with Crippen molar-refractivity contribution in [3.05, 3.63) is 115 Å². The number of pyridine rings is 1. The third-order valence-corrected chi connectivity index (χ3v) is 7.23. The summed E-state index contributed by atoms with van der Waals surface area (Å²) in [5.74, 6) is 2.08. The first-order valence-electron chi connectivity index (χ1n) is 14.8. The fourth-order valence-electron chi connectivity index (χ4n) is 4.89. The highest BCUT2D eigenvalue weighted by Gasteiger charge is 2.22. The van der Waals surface area contributed by atoms with Crippen LogP contribution in [0.1, 0.15) is 32.0 Å². The van der Waals surface area contributed by atoms with Crippen molar-refractivity contribution in [2.24, 2.45) is 0 Å². The lowest BCUT2D eigenvalue weighted by atomic mass is 9.92. The Morgan fingerprint density at radius 2 is 1.70 bits per heavy atom. The van der Waals surface area contributed by atoms with Gasteiger partial charge >= 0.3 is 6.03 Å². The summed E-state index contributed by atoms with van der Waals surface area (Å²) in [4.78, 5) is 26.0. The molecule has 0 aliphatic heterocycles. The summed E-state index contributed by atoms with van der Waals surface area (Å²) in [5, 5.41) is 15.3. The number of urea groups is 1. The number of carbonyl (C=O) groups is 1. The number of methoxy groups -OCH3 is 1. The molecule has 0 bridgehead atoms. The third-order valence-electron chi connectivity index (χ3n) is 7.23. The van der Waals surface area contributed by atoms with Gasteiger partial charge in [0, 0.05) is 53.0 Å². The molecule has 0 fully saturated rings. The van der Waals surface area contributed by atoms with E-state index in [1.807, 2.05) is 63.2 Å². The predicted molar refractivity (Wildman–Crippen MR) is 179 cm³/mol. The maximum absolute atomic E-state index is 14.4. The summed E-state index contributed by atoms with van der Waals surface area (Å²) in [6.45, 7) is 6.32. The maximum atomic E-state index is 14.4. The summed E-state index contributed by atoms with van der Waals surface area (Å²) in [6.07, 6.45) is 6.52. The molecule has 3 aromatic carbocycles. The van der Waals surface area contributed by atoms with Crippen LogP contribution < -0.4 is 25.4 Å². The normalized spacial score (nSPS) is 11.3. The third kappa shape index (κ3) is 7.28. The number of nitrogens with zero attached hydrogens (tertiary/aromatic N) is 5. The lowest BCUT2D eigenvalue weighted by Crippen LogP contribution is -2.21. The first-order valence-corrected chi connectivity index (χ1v) is 14.8. The number of carbonyl (C=O) groups excluding carboxylic acids is 1. The van der Waals surface area contributed by atoms with Gasteiger partial charge in [0.1, 0.15) is 41.4 Å². The number of benzene rings is 3. The smallest absolute Gasteiger partial charge is 0.324 e. The molecule has 3 aromatic heterocycles. The quantitative estimate of drug-likeness (QED) is 0.149. The summed E-state index contributed by atoms with van der Waals surface area (Å²) in [5.41, 5.74) is 2.28. The van der Waals surface area contributed by atoms with E-state index in [1.54, 1.807) is 43.0 Å². The minimum Gasteiger partial charge on any atom is -0.497 e. The zero-order valence-electron chi connectivity index (χ0n) is 26.3. The van der Waals surface area contributed by atoms with E-state index in [0.29, 0.717) is 52.6 Å². The molecule has 0 saturated heterocycles. The summed E-state index contributed by atoms with van der Waals surface area (Å²) in [6, 6.07) is 20.6. The van der Waals surface area contributed by atoms with Crippen LogP contribution in [-0.4, -0.2) is 37.9 Å². The van der Waals surface area contributed by atoms with Gasteiger partial charge in [0.15, 0.2) is 0 Å². The molecule has 2 amide bonds. The Bertz CT molecular complexity index is 2040. The molecule has 47 heavy (non-hydrogen) atoms. The SMILES string of the molecule is COc1cc(F)cc(-n2nc(C(C)(C)C)cc2NC(=O)Nc2ccc(OCc3ccnc(Nc4cnccn4)c3)c3ccccc23)c1. The number of anilines is 4. The number of rotatable bonds is 9. The largest absolute Gasteiger partial charge is 0.497 e. The van der Waals surface area contributed by atoms with Crippen LogP contribution >= 0.6 is 0 Å². The van der Waals surface area contributed by atoms with Gasteiger partial charge in [-0.15, -0.1) is 0 Å². The van der Waals surface area contributed by atoms with Crippen LogP contribution in [0.4, 0.5) is 32.3 Å². The number of halogens is 1. The fourth-order valence-corrected chi connectivity index (χ4v) is 4.89. The minimum atomic E-state index is -0.492. The van der Waals surface area contributed by atoms with Gasteiger partial charge in [0.05, 0.1) is 30.4 Å². The van der Waals surface area contributed by atoms with Crippen LogP contribution in [0.15, 0.2) is 97.6 Å². The predicted octanol–water partition coefficient (Wildman–Crippen LogP) is 7.62. The molecule has 0 atom stereocenters. The van der Waals surface area contributed by atoms with E-state index in [4.69, 9.17) is 9.47 Å². The second-order valence-electron chi connectivity index (χ2n) is 11.7. The molecule has 12 heteroatoms. The molecule has 238 valence electrons. The average Bonchev–Trinajstić information content (AvgIpc) is 3.49. The molecule has 0 unspecified atom stereocenters. The van der Waals surface area contributed by atoms with E-state index in [9.17, 15) is 9.18 Å². The maximum Gasteiger partial charge on any atom is 0.324 e. The van der Waals surface area contributed by atoms with Crippen LogP contribution in [0, 0.1) is 5.82 Å². The van der Waals surface area contributed by atoms with Gasteiger partial charge in [0.2, 0.25) is 0 Å². The second-order valence-corrected chi connectivity index (χ2v) is 11.7. The lowest BCUT2D eigenvalue weighted by molar-refractivity contribution is 0.262. The molecule has 3 heterocycles. The molecule has 6 aromatic rings. The lowest BCUT2D eigenvalue weighted by Gasteiger charge is -2.15. The van der Waals surface area contributed by atoms with Gasteiger partial charge in [0.25, 0.3) is 0 Å². The van der Waals surface area contributed by atoms with Crippen molar-refractivity contribution in [1.82, 2.24) is 24.7 Å². The molecule has 0 saturated carbocycles. The number of nitrogens with one attached hydrogen (secondary N) is 3. The number of amides is 2. The molecule has 0 aliphatic carbocycles. The summed E-state index contributed by atoms with van der Waals surface area (Å²) < 4.78 is 27.4. The number of hydrogen-bond donors (Lipinski definition) is 3. The van der Waals surface area contributed by atoms with E-state index in [-0.39, 0.29) is 5.41 Å². The Morgan fingerprint density at radius 3 is 2.47 bits per heavy atom. The Kier molecular flexibility index (Phi) is 8.65. The van der Waals surface area contributed by atoms with Crippen LogP contribution in [0.3, 0.4) is 0 Å². The van der Waals surface area contributed by atoms with E-state index in [2.05, 4.69) is 36.0 Å². The number of aromatic nitrogens is 5. The first-order chi connectivity index (χ1) is 22.7. The van der Waals surface area contributed by atoms with Crippen molar-refractivity contribution >= 4 is 39.9 Å². The Labute approximate surface area is 270 Å². The minimum absolute atomic E-state index is 0.292. The topological polar surface area (TPSA) is 128 Å². The zero-order chi connectivity index (χ0) is 33.0. The van der Waals surface area contributed by atoms with Crippen LogP contribution in [0.2, 0.25) is 0 Å². The highest BCUT2D eigenvalue weighted by molar-refractivity contribution is 6.07. The average molecular weight is 633 g/mol. The van der Waals surface area contributed by atoms with Gasteiger partial charge < -0.3 is 20.1 Å². The van der Waals surface area contributed by atoms with E-state index >= 15 is 0 Å². The molecule has 11 nitrogen and oxygen atoms in total. The first kappa shape index (κ1) is 31.0. The Hall–Kier alpha value is -6.04. The summed E-state index contributed by atoms with van der Waals surface area (Å²) >= 11 is 0. The molecule has 6 rings (SSSR count). The van der Waals surface area contributed by atoms with Crippen LogP contribution in [0.25, 0.3) is 16.5 Å². The Balaban J connectivity index is 1.21. The van der Waals surface area contributed by atoms with Crippen LogP contribution in [-0.2, 0) is 12.0 Å². The van der Waals surface area contributed by atoms with Gasteiger partial charge in [-0.25, -0.2) is 23.8 Å². The van der Waals surface area contributed by atoms with Gasteiger partial charge in [-0.2, -0.15) is 5.10 Å². The highest BCUT2D eigenvalue weighted by atomic mass is 19.1. The number of hydrogen-bond acceptors (Lipinski definition) is 8. The van der Waals surface area contributed by atoms with Crippen molar-refractivity contribution < 1.29 is 18.7 Å². The Morgan fingerprint density at radius 1 is 0.894 bits per heavy atom. The molecule has 3 N–H and O–H groups in total. The monoisotopic (exact) mass is 632 g/mol. The standard InChI is InChI=1S/C35H33FN8O3/c1-35(2,3)30-19-33(44(43-30)24-16-23(36)17-25(18-24)46-4)42-34(45)40-28-9-10-29(27-8-6-5-7-26(27)28)47-21-22-11-12-38-31(15-22)41-32-20-37-13-14-39-32/h5-20H,21H2,1-4H3,(H,38,39,41)(H2,40,42,45). The van der Waals surface area contributed by atoms with Crippen molar-refractivity contribution in [2.75, 3.05) is 23.1 Å². The second kappa shape index (κ2) is 13.1. The van der Waals surface area contributed by atoms with Gasteiger partial charge in [-0.05, 0) is 35.9 Å². The van der Waals surface area contributed by atoms with Crippen LogP contribution in [0.5, 0.6) is 11.5 Å². The molecule has 0 aliphatic rings. The van der Waals surface area contributed by atoms with E-state index in [1.165, 1.54) is 23.9 Å².